The lowest BCUT2D eigenvalue weighted by molar-refractivity contribution is 0.220. The van der Waals surface area contributed by atoms with E-state index in [2.05, 4.69) is 5.32 Å². The molecule has 0 atom stereocenters. The molecule has 2 aromatic carbocycles. The molecule has 0 aliphatic rings. The van der Waals surface area contributed by atoms with E-state index in [0.717, 1.165) is 11.3 Å². The Morgan fingerprint density at radius 2 is 1.68 bits per heavy atom. The van der Waals surface area contributed by atoms with Crippen LogP contribution >= 0.6 is 0 Å². The summed E-state index contributed by atoms with van der Waals surface area (Å²) in [4.78, 5) is 13.7. The number of carbonyl (C=O) groups excluding carboxylic acids is 1. The zero-order chi connectivity index (χ0) is 13.7. The number of urea groups is 1. The molecule has 0 saturated heterocycles. The van der Waals surface area contributed by atoms with Crippen molar-refractivity contribution in [3.05, 3.63) is 65.7 Å². The van der Waals surface area contributed by atoms with Gasteiger partial charge >= 0.3 is 6.03 Å². The van der Waals surface area contributed by atoms with Gasteiger partial charge in [-0.1, -0.05) is 48.0 Å². The minimum Gasteiger partial charge on any atom is -0.323 e. The number of aryl methyl sites for hydroxylation is 1. The van der Waals surface area contributed by atoms with E-state index in [0.29, 0.717) is 6.54 Å². The fourth-order valence-electron chi connectivity index (χ4n) is 1.78. The lowest BCUT2D eigenvalue weighted by Gasteiger charge is -2.18. The highest BCUT2D eigenvalue weighted by molar-refractivity contribution is 5.89. The molecule has 0 spiro atoms. The van der Waals surface area contributed by atoms with Crippen LogP contribution in [0.1, 0.15) is 11.1 Å². The summed E-state index contributed by atoms with van der Waals surface area (Å²) in [5.41, 5.74) is 3.11. The van der Waals surface area contributed by atoms with E-state index >= 15 is 0 Å². The van der Waals surface area contributed by atoms with E-state index in [1.807, 2.05) is 61.5 Å². The summed E-state index contributed by atoms with van der Waals surface area (Å²) in [6.07, 6.45) is 0. The molecule has 0 fully saturated rings. The van der Waals surface area contributed by atoms with Gasteiger partial charge in [0.25, 0.3) is 0 Å². The van der Waals surface area contributed by atoms with Gasteiger partial charge in [0.2, 0.25) is 0 Å². The SMILES string of the molecule is Cc1ccc(NC(=O)N(C)Cc2ccccc2)cc1. The van der Waals surface area contributed by atoms with Crippen molar-refractivity contribution in [3.8, 4) is 0 Å². The van der Waals surface area contributed by atoms with Crippen LogP contribution in [0.3, 0.4) is 0 Å². The standard InChI is InChI=1S/C16H18N2O/c1-13-8-10-15(11-9-13)17-16(19)18(2)12-14-6-4-3-5-7-14/h3-11H,12H2,1-2H3,(H,17,19). The van der Waals surface area contributed by atoms with E-state index in [-0.39, 0.29) is 6.03 Å². The molecule has 0 heterocycles. The van der Waals surface area contributed by atoms with Crippen molar-refractivity contribution >= 4 is 11.7 Å². The Kier molecular flexibility index (Phi) is 4.18. The Bertz CT molecular complexity index is 534. The number of hydrogen-bond donors (Lipinski definition) is 1. The van der Waals surface area contributed by atoms with Gasteiger partial charge in [-0.25, -0.2) is 4.79 Å². The van der Waals surface area contributed by atoms with Crippen molar-refractivity contribution in [1.29, 1.82) is 0 Å². The molecule has 0 aliphatic heterocycles. The zero-order valence-electron chi connectivity index (χ0n) is 11.3. The van der Waals surface area contributed by atoms with E-state index in [4.69, 9.17) is 0 Å². The number of nitrogens with zero attached hydrogens (tertiary/aromatic N) is 1. The molecule has 1 N–H and O–H groups in total. The van der Waals surface area contributed by atoms with Crippen molar-refractivity contribution in [2.75, 3.05) is 12.4 Å². The van der Waals surface area contributed by atoms with Crippen molar-refractivity contribution in [1.82, 2.24) is 4.90 Å². The second-order valence-corrected chi connectivity index (χ2v) is 4.64. The van der Waals surface area contributed by atoms with Gasteiger partial charge < -0.3 is 10.2 Å². The summed E-state index contributed by atoms with van der Waals surface area (Å²) in [6, 6.07) is 17.6. The maximum atomic E-state index is 12.0. The molecule has 3 nitrogen and oxygen atoms in total. The van der Waals surface area contributed by atoms with Gasteiger partial charge in [0, 0.05) is 19.3 Å². The number of carbonyl (C=O) groups is 1. The van der Waals surface area contributed by atoms with Crippen molar-refractivity contribution in [3.63, 3.8) is 0 Å². The number of rotatable bonds is 3. The molecule has 0 unspecified atom stereocenters. The van der Waals surface area contributed by atoms with Crippen LogP contribution in [0.4, 0.5) is 10.5 Å². The average Bonchev–Trinajstić information content (AvgIpc) is 2.42. The second kappa shape index (κ2) is 6.05. The fourth-order valence-corrected chi connectivity index (χ4v) is 1.78. The third-order valence-corrected chi connectivity index (χ3v) is 2.91. The lowest BCUT2D eigenvalue weighted by Crippen LogP contribution is -2.30. The molecule has 0 aliphatic carbocycles. The molecular formula is C16H18N2O. The first-order chi connectivity index (χ1) is 9.15. The molecular weight excluding hydrogens is 236 g/mol. The van der Waals surface area contributed by atoms with E-state index in [9.17, 15) is 4.79 Å². The second-order valence-electron chi connectivity index (χ2n) is 4.64. The molecule has 0 bridgehead atoms. The quantitative estimate of drug-likeness (QED) is 0.890. The van der Waals surface area contributed by atoms with Gasteiger partial charge in [-0.15, -0.1) is 0 Å². The minimum atomic E-state index is -0.104. The average molecular weight is 254 g/mol. The third kappa shape index (κ3) is 3.85. The maximum Gasteiger partial charge on any atom is 0.321 e. The molecule has 2 amide bonds. The molecule has 0 radical (unpaired) electrons. The predicted molar refractivity (Wildman–Crippen MR) is 78.1 cm³/mol. The maximum absolute atomic E-state index is 12.0. The number of nitrogens with one attached hydrogen (secondary N) is 1. The van der Waals surface area contributed by atoms with Gasteiger partial charge in [-0.05, 0) is 24.6 Å². The number of benzene rings is 2. The highest BCUT2D eigenvalue weighted by Gasteiger charge is 2.08. The predicted octanol–water partition coefficient (Wildman–Crippen LogP) is 3.66. The van der Waals surface area contributed by atoms with Crippen molar-refractivity contribution in [2.45, 2.75) is 13.5 Å². The van der Waals surface area contributed by atoms with E-state index in [1.165, 1.54) is 5.56 Å². The highest BCUT2D eigenvalue weighted by Crippen LogP contribution is 2.10. The first kappa shape index (κ1) is 13.1. The summed E-state index contributed by atoms with van der Waals surface area (Å²) < 4.78 is 0. The van der Waals surface area contributed by atoms with Crippen LogP contribution in [0, 0.1) is 6.92 Å². The van der Waals surface area contributed by atoms with Crippen LogP contribution in [0.5, 0.6) is 0 Å². The molecule has 0 aromatic heterocycles. The molecule has 3 heteroatoms. The largest absolute Gasteiger partial charge is 0.323 e. The summed E-state index contributed by atoms with van der Waals surface area (Å²) in [6.45, 7) is 2.62. The zero-order valence-corrected chi connectivity index (χ0v) is 11.3. The van der Waals surface area contributed by atoms with Gasteiger partial charge in [0.05, 0.1) is 0 Å². The Morgan fingerprint density at radius 1 is 1.05 bits per heavy atom. The van der Waals surface area contributed by atoms with Crippen molar-refractivity contribution in [2.24, 2.45) is 0 Å². The Morgan fingerprint density at radius 3 is 2.32 bits per heavy atom. The number of amides is 2. The normalized spacial score (nSPS) is 10.0. The van der Waals surface area contributed by atoms with Crippen LogP contribution < -0.4 is 5.32 Å². The summed E-state index contributed by atoms with van der Waals surface area (Å²) in [5.74, 6) is 0. The Balaban J connectivity index is 1.94. The van der Waals surface area contributed by atoms with Gasteiger partial charge in [-0.3, -0.25) is 0 Å². The van der Waals surface area contributed by atoms with Crippen LogP contribution in [-0.4, -0.2) is 18.0 Å². The van der Waals surface area contributed by atoms with Crippen LogP contribution in [0.2, 0.25) is 0 Å². The highest BCUT2D eigenvalue weighted by atomic mass is 16.2. The van der Waals surface area contributed by atoms with Gasteiger partial charge in [0.1, 0.15) is 0 Å². The minimum absolute atomic E-state index is 0.104. The molecule has 2 aromatic rings. The summed E-state index contributed by atoms with van der Waals surface area (Å²) >= 11 is 0. The molecule has 0 saturated carbocycles. The van der Waals surface area contributed by atoms with Crippen LogP contribution in [0.15, 0.2) is 54.6 Å². The fraction of sp³-hybridized carbons (Fsp3) is 0.188. The van der Waals surface area contributed by atoms with Crippen LogP contribution in [-0.2, 0) is 6.54 Å². The number of hydrogen-bond acceptors (Lipinski definition) is 1. The smallest absolute Gasteiger partial charge is 0.321 e. The Labute approximate surface area is 113 Å². The third-order valence-electron chi connectivity index (χ3n) is 2.91. The monoisotopic (exact) mass is 254 g/mol. The lowest BCUT2D eigenvalue weighted by atomic mass is 10.2. The molecule has 98 valence electrons. The molecule has 19 heavy (non-hydrogen) atoms. The molecule has 2 rings (SSSR count). The first-order valence-electron chi connectivity index (χ1n) is 6.28. The van der Waals surface area contributed by atoms with Crippen molar-refractivity contribution < 1.29 is 4.79 Å². The van der Waals surface area contributed by atoms with E-state index in [1.54, 1.807) is 11.9 Å². The van der Waals surface area contributed by atoms with Gasteiger partial charge in [0.15, 0.2) is 0 Å². The Hall–Kier alpha value is -2.29. The summed E-state index contributed by atoms with van der Waals surface area (Å²) in [5, 5.41) is 2.88. The van der Waals surface area contributed by atoms with Gasteiger partial charge in [-0.2, -0.15) is 0 Å². The number of anilines is 1. The first-order valence-corrected chi connectivity index (χ1v) is 6.28. The summed E-state index contributed by atoms with van der Waals surface area (Å²) in [7, 11) is 1.79. The van der Waals surface area contributed by atoms with E-state index < -0.39 is 0 Å². The van der Waals surface area contributed by atoms with Crippen LogP contribution in [0.25, 0.3) is 0 Å². The topological polar surface area (TPSA) is 32.3 Å².